The van der Waals surface area contributed by atoms with Gasteiger partial charge in [-0.1, -0.05) is 30.2 Å². The number of nitrogens with one attached hydrogen (secondary N) is 1. The molecule has 2 aromatic carbocycles. The van der Waals surface area contributed by atoms with Crippen molar-refractivity contribution in [3.05, 3.63) is 59.2 Å². The molecule has 0 aliphatic carbocycles. The maximum absolute atomic E-state index is 12.5. The molecular formula is C23H24F2N2O6S. The van der Waals surface area contributed by atoms with Gasteiger partial charge in [0.1, 0.15) is 11.6 Å². The first-order chi connectivity index (χ1) is 16.2. The number of carbonyl (C=O) groups is 2. The summed E-state index contributed by atoms with van der Waals surface area (Å²) < 4.78 is 60.9. The van der Waals surface area contributed by atoms with Gasteiger partial charge in [0.05, 0.1) is 10.5 Å². The number of ether oxygens (including phenoxy) is 2. The fourth-order valence-corrected chi connectivity index (χ4v) is 4.61. The van der Waals surface area contributed by atoms with Gasteiger partial charge >= 0.3 is 12.6 Å². The van der Waals surface area contributed by atoms with Gasteiger partial charge in [0, 0.05) is 18.5 Å². The van der Waals surface area contributed by atoms with E-state index in [1.807, 2.05) is 0 Å². The highest BCUT2D eigenvalue weighted by Crippen LogP contribution is 2.23. The minimum absolute atomic E-state index is 0.0729. The molecule has 0 aromatic heterocycles. The lowest BCUT2D eigenvalue weighted by Crippen LogP contribution is -2.22. The first-order valence-electron chi connectivity index (χ1n) is 10.6. The standard InChI is InChI=1S/C23H24F2N2O6S/c1-15-10-11-19(33-23(24)25)17(13-15)18(28)14-32-21(29)9-3-2-6-12-26-22-16-7-4-5-8-20(16)34(30,31)27-22/h4-5,7-8,10-11,13,23H,2-3,6,9,12,14H2,1H3,(H,26,27). The Morgan fingerprint density at radius 3 is 2.62 bits per heavy atom. The van der Waals surface area contributed by atoms with Crippen LogP contribution in [0.3, 0.4) is 0 Å². The maximum Gasteiger partial charge on any atom is 0.387 e. The number of rotatable bonds is 11. The smallest absolute Gasteiger partial charge is 0.387 e. The highest BCUT2D eigenvalue weighted by molar-refractivity contribution is 7.90. The summed E-state index contributed by atoms with van der Waals surface area (Å²) in [7, 11) is -3.57. The minimum atomic E-state index is -3.57. The summed E-state index contributed by atoms with van der Waals surface area (Å²) in [5, 5.41) is 0. The SMILES string of the molecule is Cc1ccc(OC(F)F)c(C(=O)COC(=O)CCCCCN=C2NS(=O)(=O)c3ccccc32)c1. The number of ketones is 1. The Hall–Kier alpha value is -3.34. The quantitative estimate of drug-likeness (QED) is 0.290. The Labute approximate surface area is 196 Å². The normalized spacial score (nSPS) is 15.1. The highest BCUT2D eigenvalue weighted by Gasteiger charge is 2.29. The van der Waals surface area contributed by atoms with Crippen molar-refractivity contribution in [2.24, 2.45) is 4.99 Å². The molecule has 0 saturated heterocycles. The summed E-state index contributed by atoms with van der Waals surface area (Å²) >= 11 is 0. The van der Waals surface area contributed by atoms with Gasteiger partial charge in [-0.2, -0.15) is 8.78 Å². The van der Waals surface area contributed by atoms with Gasteiger partial charge in [0.25, 0.3) is 10.0 Å². The lowest BCUT2D eigenvalue weighted by Gasteiger charge is -2.11. The summed E-state index contributed by atoms with van der Waals surface area (Å²) in [6.07, 6.45) is 1.83. The van der Waals surface area contributed by atoms with E-state index in [9.17, 15) is 26.8 Å². The molecule has 3 rings (SSSR count). The molecule has 2 aromatic rings. The molecule has 1 aliphatic heterocycles. The number of hydrogen-bond donors (Lipinski definition) is 1. The number of nitrogens with zero attached hydrogens (tertiary/aromatic N) is 1. The van der Waals surface area contributed by atoms with Gasteiger partial charge in [0.15, 0.2) is 6.61 Å². The van der Waals surface area contributed by atoms with Gasteiger partial charge < -0.3 is 9.47 Å². The number of amidine groups is 1. The molecule has 0 fully saturated rings. The number of esters is 1. The molecule has 0 radical (unpaired) electrons. The lowest BCUT2D eigenvalue weighted by molar-refractivity contribution is -0.142. The van der Waals surface area contributed by atoms with Crippen LogP contribution in [0.15, 0.2) is 52.4 Å². The molecule has 0 bridgehead atoms. The topological polar surface area (TPSA) is 111 Å². The minimum Gasteiger partial charge on any atom is -0.457 e. The summed E-state index contributed by atoms with van der Waals surface area (Å²) in [6, 6.07) is 10.8. The molecule has 1 aliphatic rings. The highest BCUT2D eigenvalue weighted by atomic mass is 32.2. The number of sulfonamides is 1. The van der Waals surface area contributed by atoms with Gasteiger partial charge in [-0.3, -0.25) is 19.3 Å². The fourth-order valence-electron chi connectivity index (χ4n) is 3.36. The van der Waals surface area contributed by atoms with Crippen LogP contribution in [0.5, 0.6) is 5.75 Å². The molecule has 1 N–H and O–H groups in total. The maximum atomic E-state index is 12.5. The molecular weight excluding hydrogens is 470 g/mol. The van der Waals surface area contributed by atoms with E-state index in [0.717, 1.165) is 0 Å². The number of hydrogen-bond acceptors (Lipinski definition) is 7. The Morgan fingerprint density at radius 2 is 1.85 bits per heavy atom. The molecule has 0 spiro atoms. The summed E-state index contributed by atoms with van der Waals surface area (Å²) in [4.78, 5) is 28.7. The van der Waals surface area contributed by atoms with Crippen molar-refractivity contribution < 1.29 is 36.3 Å². The zero-order valence-corrected chi connectivity index (χ0v) is 19.2. The molecule has 8 nitrogen and oxygen atoms in total. The molecule has 0 amide bonds. The summed E-state index contributed by atoms with van der Waals surface area (Å²) in [5.74, 6) is -1.18. The second-order valence-corrected chi connectivity index (χ2v) is 9.26. The molecule has 0 unspecified atom stereocenters. The number of aryl methyl sites for hydroxylation is 1. The zero-order chi connectivity index (χ0) is 24.7. The van der Waals surface area contributed by atoms with Crippen LogP contribution in [0.1, 0.15) is 47.2 Å². The van der Waals surface area contributed by atoms with E-state index < -0.39 is 35.0 Å². The first-order valence-corrected chi connectivity index (χ1v) is 12.1. The van der Waals surface area contributed by atoms with E-state index >= 15 is 0 Å². The van der Waals surface area contributed by atoms with Crippen LogP contribution in [-0.2, 0) is 19.6 Å². The molecule has 1 heterocycles. The summed E-state index contributed by atoms with van der Waals surface area (Å²) in [6.45, 7) is -1.58. The van der Waals surface area contributed by atoms with E-state index in [1.165, 1.54) is 24.3 Å². The fraction of sp³-hybridized carbons (Fsp3) is 0.348. The molecule has 0 saturated carbocycles. The second-order valence-electron chi connectivity index (χ2n) is 7.60. The molecule has 182 valence electrons. The number of fused-ring (bicyclic) bond motifs is 1. The van der Waals surface area contributed by atoms with Crippen molar-refractivity contribution in [2.75, 3.05) is 13.2 Å². The molecule has 34 heavy (non-hydrogen) atoms. The van der Waals surface area contributed by atoms with Crippen LogP contribution in [0, 0.1) is 6.92 Å². The number of Topliss-reactive ketones (excluding diaryl/α,β-unsaturated/α-hetero) is 1. The van der Waals surface area contributed by atoms with E-state index in [0.29, 0.717) is 42.8 Å². The lowest BCUT2D eigenvalue weighted by atomic mass is 10.1. The predicted molar refractivity (Wildman–Crippen MR) is 120 cm³/mol. The van der Waals surface area contributed by atoms with Crippen LogP contribution in [0.25, 0.3) is 0 Å². The number of aliphatic imine (C=N–C) groups is 1. The zero-order valence-electron chi connectivity index (χ0n) is 18.4. The summed E-state index contributed by atoms with van der Waals surface area (Å²) in [5.41, 5.74) is 1.14. The molecule has 11 heteroatoms. The van der Waals surface area contributed by atoms with Crippen molar-refractivity contribution in [3.8, 4) is 5.75 Å². The van der Waals surface area contributed by atoms with Crippen molar-refractivity contribution in [3.63, 3.8) is 0 Å². The van der Waals surface area contributed by atoms with Gasteiger partial charge in [-0.05, 0) is 44.0 Å². The first kappa shape index (κ1) is 25.3. The average Bonchev–Trinajstić information content (AvgIpc) is 3.05. The number of benzene rings is 2. The molecule has 0 atom stereocenters. The van der Waals surface area contributed by atoms with Crippen molar-refractivity contribution >= 4 is 27.6 Å². The van der Waals surface area contributed by atoms with E-state index in [1.54, 1.807) is 25.1 Å². The Morgan fingerprint density at radius 1 is 1.09 bits per heavy atom. The van der Waals surface area contributed by atoms with Gasteiger partial charge in [-0.15, -0.1) is 0 Å². The van der Waals surface area contributed by atoms with Gasteiger partial charge in [-0.25, -0.2) is 8.42 Å². The van der Waals surface area contributed by atoms with Crippen LogP contribution in [0.2, 0.25) is 0 Å². The Balaban J connectivity index is 1.39. The number of alkyl halides is 2. The second kappa shape index (κ2) is 11.2. The van der Waals surface area contributed by atoms with Crippen LogP contribution >= 0.6 is 0 Å². The van der Waals surface area contributed by atoms with Crippen LogP contribution < -0.4 is 9.46 Å². The number of carbonyl (C=O) groups excluding carboxylic acids is 2. The Kier molecular flexibility index (Phi) is 8.32. The van der Waals surface area contributed by atoms with Crippen LogP contribution in [0.4, 0.5) is 8.78 Å². The average molecular weight is 495 g/mol. The van der Waals surface area contributed by atoms with Crippen molar-refractivity contribution in [2.45, 2.75) is 44.1 Å². The third kappa shape index (κ3) is 6.60. The van der Waals surface area contributed by atoms with Crippen molar-refractivity contribution in [1.82, 2.24) is 4.72 Å². The predicted octanol–water partition coefficient (Wildman–Crippen LogP) is 3.62. The van der Waals surface area contributed by atoms with E-state index in [4.69, 9.17) is 4.74 Å². The Bertz CT molecular complexity index is 1200. The van der Waals surface area contributed by atoms with E-state index in [-0.39, 0.29) is 22.6 Å². The largest absolute Gasteiger partial charge is 0.457 e. The van der Waals surface area contributed by atoms with Crippen molar-refractivity contribution in [1.29, 1.82) is 0 Å². The van der Waals surface area contributed by atoms with E-state index in [2.05, 4.69) is 14.5 Å². The van der Waals surface area contributed by atoms with Gasteiger partial charge in [0.2, 0.25) is 5.78 Å². The third-order valence-electron chi connectivity index (χ3n) is 4.99. The number of halogens is 2. The monoisotopic (exact) mass is 494 g/mol. The number of unbranched alkanes of at least 4 members (excludes halogenated alkanes) is 2. The third-order valence-corrected chi connectivity index (χ3v) is 6.38. The van der Waals surface area contributed by atoms with Crippen LogP contribution in [-0.4, -0.2) is 45.8 Å².